The third-order valence-electron chi connectivity index (χ3n) is 3.70. The molecule has 0 radical (unpaired) electrons. The highest BCUT2D eigenvalue weighted by atomic mass is 19.1. The average Bonchev–Trinajstić information content (AvgIpc) is 2.95. The molecule has 1 aromatic rings. The first-order chi connectivity index (χ1) is 10.1. The zero-order valence-electron chi connectivity index (χ0n) is 12.0. The highest BCUT2D eigenvalue weighted by Gasteiger charge is 2.37. The summed E-state index contributed by atoms with van der Waals surface area (Å²) in [7, 11) is 0. The fourth-order valence-corrected chi connectivity index (χ4v) is 2.51. The van der Waals surface area contributed by atoms with Gasteiger partial charge in [0, 0.05) is 12.6 Å². The van der Waals surface area contributed by atoms with Gasteiger partial charge in [-0.25, -0.2) is 4.39 Å². The number of hydrogen-bond acceptors (Lipinski definition) is 4. The topological polar surface area (TPSA) is 59.0 Å². The number of hydrogen-bond donors (Lipinski definition) is 1. The molecular formula is C15H20FNO4. The molecule has 0 saturated carbocycles. The number of ether oxygens (including phenoxy) is 2. The van der Waals surface area contributed by atoms with E-state index in [1.165, 1.54) is 12.1 Å². The number of rotatable bonds is 7. The van der Waals surface area contributed by atoms with Crippen LogP contribution in [0.25, 0.3) is 0 Å². The standard InChI is InChI=1S/C15H20FNO4/c1-2-17(14-10-20-9-13(14)15(18)19)7-8-21-12-5-3-11(16)4-6-12/h3-6,13-14H,2,7-10H2,1H3,(H,18,19). The van der Waals surface area contributed by atoms with Crippen LogP contribution in [0.5, 0.6) is 5.75 Å². The maximum absolute atomic E-state index is 12.8. The Morgan fingerprint density at radius 2 is 2.14 bits per heavy atom. The normalized spacial score (nSPS) is 21.7. The lowest BCUT2D eigenvalue weighted by Gasteiger charge is -2.28. The molecule has 1 fully saturated rings. The van der Waals surface area contributed by atoms with Crippen molar-refractivity contribution in [3.05, 3.63) is 30.1 Å². The lowest BCUT2D eigenvalue weighted by molar-refractivity contribution is -0.143. The highest BCUT2D eigenvalue weighted by molar-refractivity contribution is 5.71. The van der Waals surface area contributed by atoms with Gasteiger partial charge in [0.25, 0.3) is 0 Å². The Balaban J connectivity index is 1.85. The van der Waals surface area contributed by atoms with E-state index in [-0.39, 0.29) is 18.5 Å². The largest absolute Gasteiger partial charge is 0.492 e. The zero-order chi connectivity index (χ0) is 15.2. The molecule has 0 spiro atoms. The SMILES string of the molecule is CCN(CCOc1ccc(F)cc1)C1COCC1C(=O)O. The molecule has 1 heterocycles. The van der Waals surface area contributed by atoms with E-state index in [1.54, 1.807) is 12.1 Å². The van der Waals surface area contributed by atoms with Gasteiger partial charge in [0.1, 0.15) is 18.2 Å². The van der Waals surface area contributed by atoms with Gasteiger partial charge < -0.3 is 14.6 Å². The number of halogens is 1. The van der Waals surface area contributed by atoms with Crippen LogP contribution in [0.3, 0.4) is 0 Å². The molecule has 1 aliphatic rings. The molecule has 2 unspecified atom stereocenters. The molecule has 1 aliphatic heterocycles. The second-order valence-corrected chi connectivity index (χ2v) is 4.98. The van der Waals surface area contributed by atoms with E-state index in [9.17, 15) is 14.3 Å². The van der Waals surface area contributed by atoms with Gasteiger partial charge in [-0.05, 0) is 30.8 Å². The summed E-state index contributed by atoms with van der Waals surface area (Å²) in [5.41, 5.74) is 0. The van der Waals surface area contributed by atoms with E-state index in [0.717, 1.165) is 6.54 Å². The number of nitrogens with zero attached hydrogens (tertiary/aromatic N) is 1. The maximum Gasteiger partial charge on any atom is 0.310 e. The number of carboxylic acid groups (broad SMARTS) is 1. The van der Waals surface area contributed by atoms with Gasteiger partial charge in [-0.1, -0.05) is 6.92 Å². The fourth-order valence-electron chi connectivity index (χ4n) is 2.51. The van der Waals surface area contributed by atoms with Gasteiger partial charge in [0.2, 0.25) is 0 Å². The van der Waals surface area contributed by atoms with Crippen molar-refractivity contribution in [2.24, 2.45) is 5.92 Å². The van der Waals surface area contributed by atoms with Crippen LogP contribution < -0.4 is 4.74 Å². The van der Waals surface area contributed by atoms with Crippen LogP contribution in [0, 0.1) is 11.7 Å². The molecule has 0 amide bonds. The summed E-state index contributed by atoms with van der Waals surface area (Å²) in [6.07, 6.45) is 0. The third-order valence-corrected chi connectivity index (χ3v) is 3.70. The van der Waals surface area contributed by atoms with E-state index in [1.807, 2.05) is 6.92 Å². The third kappa shape index (κ3) is 4.15. The Labute approximate surface area is 123 Å². The summed E-state index contributed by atoms with van der Waals surface area (Å²) in [4.78, 5) is 13.2. The van der Waals surface area contributed by atoms with Crippen molar-refractivity contribution < 1.29 is 23.8 Å². The molecule has 0 aliphatic carbocycles. The van der Waals surface area contributed by atoms with Crippen LogP contribution in [-0.4, -0.2) is 54.9 Å². The summed E-state index contributed by atoms with van der Waals surface area (Å²) < 4.78 is 23.6. The molecule has 2 rings (SSSR count). The number of benzene rings is 1. The minimum Gasteiger partial charge on any atom is -0.492 e. The monoisotopic (exact) mass is 297 g/mol. The van der Waals surface area contributed by atoms with Crippen molar-refractivity contribution in [1.29, 1.82) is 0 Å². The Morgan fingerprint density at radius 3 is 2.76 bits per heavy atom. The van der Waals surface area contributed by atoms with Crippen molar-refractivity contribution in [2.45, 2.75) is 13.0 Å². The van der Waals surface area contributed by atoms with Gasteiger partial charge in [-0.2, -0.15) is 0 Å². The van der Waals surface area contributed by atoms with Gasteiger partial charge >= 0.3 is 5.97 Å². The Bertz CT molecular complexity index is 465. The van der Waals surface area contributed by atoms with Crippen LogP contribution in [-0.2, 0) is 9.53 Å². The predicted octanol–water partition coefficient (Wildman–Crippen LogP) is 1.63. The molecule has 1 saturated heterocycles. The van der Waals surface area contributed by atoms with Gasteiger partial charge in [-0.15, -0.1) is 0 Å². The number of carbonyl (C=O) groups is 1. The molecule has 0 aromatic heterocycles. The molecule has 1 aromatic carbocycles. The summed E-state index contributed by atoms with van der Waals surface area (Å²) >= 11 is 0. The van der Waals surface area contributed by atoms with Crippen LogP contribution in [0.4, 0.5) is 4.39 Å². The van der Waals surface area contributed by atoms with Crippen LogP contribution in [0.15, 0.2) is 24.3 Å². The number of likely N-dealkylation sites (N-methyl/N-ethyl adjacent to an activating group) is 1. The Hall–Kier alpha value is -1.66. The van der Waals surface area contributed by atoms with Crippen molar-refractivity contribution in [1.82, 2.24) is 4.90 Å². The van der Waals surface area contributed by atoms with Crippen molar-refractivity contribution >= 4 is 5.97 Å². The summed E-state index contributed by atoms with van der Waals surface area (Å²) in [6.45, 7) is 4.42. The minimum atomic E-state index is -0.824. The smallest absolute Gasteiger partial charge is 0.310 e. The second-order valence-electron chi connectivity index (χ2n) is 4.98. The quantitative estimate of drug-likeness (QED) is 0.829. The summed E-state index contributed by atoms with van der Waals surface area (Å²) in [5.74, 6) is -1.01. The highest BCUT2D eigenvalue weighted by Crippen LogP contribution is 2.20. The fraction of sp³-hybridized carbons (Fsp3) is 0.533. The molecule has 1 N–H and O–H groups in total. The van der Waals surface area contributed by atoms with Crippen LogP contribution >= 0.6 is 0 Å². The van der Waals surface area contributed by atoms with Gasteiger partial charge in [0.15, 0.2) is 0 Å². The molecule has 116 valence electrons. The second kappa shape index (κ2) is 7.38. The molecule has 21 heavy (non-hydrogen) atoms. The van der Waals surface area contributed by atoms with Gasteiger partial charge in [-0.3, -0.25) is 9.69 Å². The lowest BCUT2D eigenvalue weighted by atomic mass is 10.0. The van der Waals surface area contributed by atoms with E-state index in [4.69, 9.17) is 9.47 Å². The first-order valence-electron chi connectivity index (χ1n) is 7.04. The van der Waals surface area contributed by atoms with Gasteiger partial charge in [0.05, 0.1) is 19.1 Å². The number of aliphatic carboxylic acids is 1. The Morgan fingerprint density at radius 1 is 1.43 bits per heavy atom. The summed E-state index contributed by atoms with van der Waals surface area (Å²) in [5, 5.41) is 9.18. The molecule has 0 bridgehead atoms. The van der Waals surface area contributed by atoms with E-state index >= 15 is 0 Å². The zero-order valence-corrected chi connectivity index (χ0v) is 12.0. The number of carboxylic acids is 1. The van der Waals surface area contributed by atoms with E-state index in [2.05, 4.69) is 4.90 Å². The van der Waals surface area contributed by atoms with Crippen molar-refractivity contribution in [3.8, 4) is 5.75 Å². The molecule has 5 nitrogen and oxygen atoms in total. The Kier molecular flexibility index (Phi) is 5.52. The predicted molar refractivity (Wildman–Crippen MR) is 74.9 cm³/mol. The van der Waals surface area contributed by atoms with Crippen molar-refractivity contribution in [3.63, 3.8) is 0 Å². The molecule has 2 atom stereocenters. The van der Waals surface area contributed by atoms with E-state index < -0.39 is 11.9 Å². The lowest BCUT2D eigenvalue weighted by Crippen LogP contribution is -2.44. The molecule has 6 heteroatoms. The van der Waals surface area contributed by atoms with Crippen molar-refractivity contribution in [2.75, 3.05) is 32.9 Å². The molecular weight excluding hydrogens is 277 g/mol. The van der Waals surface area contributed by atoms with E-state index in [0.29, 0.717) is 25.5 Å². The average molecular weight is 297 g/mol. The van der Waals surface area contributed by atoms with Crippen LogP contribution in [0.1, 0.15) is 6.92 Å². The van der Waals surface area contributed by atoms with Crippen LogP contribution in [0.2, 0.25) is 0 Å². The minimum absolute atomic E-state index is 0.121. The first-order valence-corrected chi connectivity index (χ1v) is 7.04. The summed E-state index contributed by atoms with van der Waals surface area (Å²) in [6, 6.07) is 5.72. The maximum atomic E-state index is 12.8. The first kappa shape index (κ1) is 15.7.